The number of imidazole rings is 1. The van der Waals surface area contributed by atoms with Gasteiger partial charge in [-0.2, -0.15) is 0 Å². The predicted octanol–water partition coefficient (Wildman–Crippen LogP) is 3.17. The third kappa shape index (κ3) is 3.96. The number of piperazine rings is 1. The first-order valence-electron chi connectivity index (χ1n) is 9.52. The summed E-state index contributed by atoms with van der Waals surface area (Å²) in [5, 5.41) is 0. The molecule has 1 aliphatic heterocycles. The molecule has 2 heterocycles. The molecule has 7 heteroatoms. The second-order valence-electron chi connectivity index (χ2n) is 7.53. The number of carbonyl (C=O) groups is 1. The minimum absolute atomic E-state index is 0.000826. The Morgan fingerprint density at radius 1 is 1.19 bits per heavy atom. The van der Waals surface area contributed by atoms with Crippen LogP contribution in [0.25, 0.3) is 0 Å². The molecule has 2 aliphatic rings. The van der Waals surface area contributed by atoms with Gasteiger partial charge in [0.05, 0.1) is 6.33 Å². The van der Waals surface area contributed by atoms with Gasteiger partial charge in [0, 0.05) is 61.8 Å². The van der Waals surface area contributed by atoms with Crippen molar-refractivity contribution in [3.05, 3.63) is 48.1 Å². The first kappa shape index (κ1) is 17.9. The van der Waals surface area contributed by atoms with E-state index in [-0.39, 0.29) is 11.9 Å². The number of hydrogen-bond donors (Lipinski definition) is 0. The van der Waals surface area contributed by atoms with Crippen LogP contribution in [0, 0.1) is 11.6 Å². The lowest BCUT2D eigenvalue weighted by Crippen LogP contribution is -2.53. The molecule has 2 aromatic rings. The van der Waals surface area contributed by atoms with Gasteiger partial charge in [-0.1, -0.05) is 0 Å². The second kappa shape index (κ2) is 7.29. The van der Waals surface area contributed by atoms with Crippen molar-refractivity contribution in [3.8, 4) is 0 Å². The van der Waals surface area contributed by atoms with Gasteiger partial charge in [0.25, 0.3) is 0 Å². The van der Waals surface area contributed by atoms with Gasteiger partial charge < -0.3 is 14.4 Å². The van der Waals surface area contributed by atoms with Crippen molar-refractivity contribution < 1.29 is 13.6 Å². The van der Waals surface area contributed by atoms with E-state index in [1.54, 1.807) is 0 Å². The molecule has 0 bridgehead atoms. The summed E-state index contributed by atoms with van der Waals surface area (Å²) in [5.41, 5.74) is 1.65. The summed E-state index contributed by atoms with van der Waals surface area (Å²) >= 11 is 0. The number of aromatic nitrogens is 2. The second-order valence-corrected chi connectivity index (χ2v) is 7.53. The summed E-state index contributed by atoms with van der Waals surface area (Å²) in [6, 6.07) is 4.13. The van der Waals surface area contributed by atoms with Gasteiger partial charge in [0.1, 0.15) is 11.6 Å². The summed E-state index contributed by atoms with van der Waals surface area (Å²) in [4.78, 5) is 20.7. The van der Waals surface area contributed by atoms with Gasteiger partial charge in [-0.25, -0.2) is 13.8 Å². The molecular formula is C20H24F2N4O. The van der Waals surface area contributed by atoms with Crippen LogP contribution in [0.3, 0.4) is 0 Å². The molecule has 2 fully saturated rings. The quantitative estimate of drug-likeness (QED) is 0.807. The molecule has 1 saturated heterocycles. The number of anilines is 1. The smallest absolute Gasteiger partial charge is 0.223 e. The molecule has 1 aliphatic carbocycles. The highest BCUT2D eigenvalue weighted by Gasteiger charge is 2.28. The summed E-state index contributed by atoms with van der Waals surface area (Å²) in [5.74, 6) is -1.04. The number of benzene rings is 1. The Morgan fingerprint density at radius 2 is 1.93 bits per heavy atom. The van der Waals surface area contributed by atoms with E-state index in [0.29, 0.717) is 44.2 Å². The minimum Gasteiger partial charge on any atom is -0.365 e. The van der Waals surface area contributed by atoms with Crippen LogP contribution < -0.4 is 4.90 Å². The van der Waals surface area contributed by atoms with Crippen molar-refractivity contribution in [1.82, 2.24) is 14.5 Å². The fourth-order valence-electron chi connectivity index (χ4n) is 3.87. The maximum atomic E-state index is 13.5. The molecule has 4 rings (SSSR count). The molecule has 5 nitrogen and oxygen atoms in total. The maximum Gasteiger partial charge on any atom is 0.223 e. The van der Waals surface area contributed by atoms with E-state index in [4.69, 9.17) is 0 Å². The lowest BCUT2D eigenvalue weighted by molar-refractivity contribution is -0.131. The Balaban J connectivity index is 1.34. The topological polar surface area (TPSA) is 41.4 Å². The highest BCUT2D eigenvalue weighted by Crippen LogP contribution is 2.35. The van der Waals surface area contributed by atoms with E-state index in [1.165, 1.54) is 25.0 Å². The van der Waals surface area contributed by atoms with Crippen molar-refractivity contribution in [2.45, 2.75) is 44.7 Å². The predicted molar refractivity (Wildman–Crippen MR) is 98.6 cm³/mol. The Labute approximate surface area is 157 Å². The number of amides is 1. The van der Waals surface area contributed by atoms with Crippen molar-refractivity contribution in [2.75, 3.05) is 24.5 Å². The zero-order valence-corrected chi connectivity index (χ0v) is 15.4. The molecule has 1 amide bonds. The number of carbonyl (C=O) groups excluding carboxylic acids is 1. The maximum absolute atomic E-state index is 13.5. The first-order chi connectivity index (χ1) is 13.0. The zero-order chi connectivity index (χ0) is 19.0. The van der Waals surface area contributed by atoms with Gasteiger partial charge >= 0.3 is 0 Å². The molecule has 144 valence electrons. The molecule has 1 aromatic carbocycles. The molecule has 0 unspecified atom stereocenters. The van der Waals surface area contributed by atoms with Crippen molar-refractivity contribution >= 4 is 11.6 Å². The lowest BCUT2D eigenvalue weighted by atomic mass is 10.1. The van der Waals surface area contributed by atoms with E-state index >= 15 is 0 Å². The molecule has 27 heavy (non-hydrogen) atoms. The molecule has 1 atom stereocenters. The number of aryl methyl sites for hydroxylation is 1. The van der Waals surface area contributed by atoms with Crippen molar-refractivity contribution in [2.24, 2.45) is 0 Å². The van der Waals surface area contributed by atoms with Gasteiger partial charge in [-0.3, -0.25) is 4.79 Å². The fourth-order valence-corrected chi connectivity index (χ4v) is 3.87. The van der Waals surface area contributed by atoms with E-state index in [9.17, 15) is 13.6 Å². The highest BCUT2D eigenvalue weighted by atomic mass is 19.1. The Hall–Kier alpha value is -2.44. The molecule has 0 N–H and O–H groups in total. The van der Waals surface area contributed by atoms with Crippen LogP contribution in [0.15, 0.2) is 30.7 Å². The Morgan fingerprint density at radius 3 is 2.59 bits per heavy atom. The van der Waals surface area contributed by atoms with Crippen LogP contribution in [-0.2, 0) is 11.2 Å². The molecular weight excluding hydrogens is 350 g/mol. The highest BCUT2D eigenvalue weighted by molar-refractivity contribution is 5.77. The van der Waals surface area contributed by atoms with Crippen LogP contribution >= 0.6 is 0 Å². The molecule has 0 radical (unpaired) electrons. The van der Waals surface area contributed by atoms with E-state index in [1.807, 2.05) is 29.2 Å². The fraction of sp³-hybridized carbons (Fsp3) is 0.500. The summed E-state index contributed by atoms with van der Waals surface area (Å²) in [7, 11) is 0. The van der Waals surface area contributed by atoms with Gasteiger partial charge in [-0.05, 0) is 38.3 Å². The first-order valence-corrected chi connectivity index (χ1v) is 9.52. The van der Waals surface area contributed by atoms with Gasteiger partial charge in [-0.15, -0.1) is 0 Å². The molecule has 1 aromatic heterocycles. The standard InChI is InChI=1S/C20H24F2N4O/c1-14-12-24(6-7-25(14)19-9-15(21)8-16(22)10-19)20(27)5-4-18-11-23-13-26(18)17-2-3-17/h8-11,13-14,17H,2-7,12H2,1H3/t14-/m0/s1. The van der Waals surface area contributed by atoms with E-state index < -0.39 is 11.6 Å². The van der Waals surface area contributed by atoms with Crippen molar-refractivity contribution in [1.29, 1.82) is 0 Å². The third-order valence-corrected chi connectivity index (χ3v) is 5.44. The zero-order valence-electron chi connectivity index (χ0n) is 15.4. The number of nitrogens with zero attached hydrogens (tertiary/aromatic N) is 4. The van der Waals surface area contributed by atoms with Crippen molar-refractivity contribution in [3.63, 3.8) is 0 Å². The van der Waals surface area contributed by atoms with Gasteiger partial charge in [0.2, 0.25) is 5.91 Å². The van der Waals surface area contributed by atoms with Crippen LogP contribution in [0.5, 0.6) is 0 Å². The van der Waals surface area contributed by atoms with Crippen LogP contribution in [0.2, 0.25) is 0 Å². The summed E-state index contributed by atoms with van der Waals surface area (Å²) < 4.78 is 29.2. The van der Waals surface area contributed by atoms with E-state index in [0.717, 1.165) is 11.8 Å². The largest absolute Gasteiger partial charge is 0.365 e. The average Bonchev–Trinajstić information content (AvgIpc) is 3.36. The van der Waals surface area contributed by atoms with Gasteiger partial charge in [0.15, 0.2) is 0 Å². The average molecular weight is 374 g/mol. The number of halogens is 2. The minimum atomic E-state index is -0.581. The molecule has 1 saturated carbocycles. The van der Waals surface area contributed by atoms with Crippen LogP contribution in [-0.4, -0.2) is 46.0 Å². The summed E-state index contributed by atoms with van der Waals surface area (Å²) in [6.07, 6.45) is 7.24. The number of rotatable bonds is 5. The Kier molecular flexibility index (Phi) is 4.85. The normalized spacial score (nSPS) is 20.2. The monoisotopic (exact) mass is 374 g/mol. The summed E-state index contributed by atoms with van der Waals surface area (Å²) in [6.45, 7) is 3.66. The lowest BCUT2D eigenvalue weighted by Gasteiger charge is -2.41. The SMILES string of the molecule is C[C@H]1CN(C(=O)CCc2cncn2C2CC2)CCN1c1cc(F)cc(F)c1. The van der Waals surface area contributed by atoms with Crippen LogP contribution in [0.1, 0.15) is 37.9 Å². The molecule has 0 spiro atoms. The Bertz CT molecular complexity index is 813. The van der Waals surface area contributed by atoms with E-state index in [2.05, 4.69) is 9.55 Å². The van der Waals surface area contributed by atoms with Crippen LogP contribution in [0.4, 0.5) is 14.5 Å². The number of hydrogen-bond acceptors (Lipinski definition) is 3. The third-order valence-electron chi connectivity index (χ3n) is 5.44.